The molecule has 0 N–H and O–H groups in total. The first-order valence-corrected chi connectivity index (χ1v) is 5.98. The lowest BCUT2D eigenvalue weighted by Crippen LogP contribution is -2.36. The van der Waals surface area contributed by atoms with E-state index in [0.717, 1.165) is 31.1 Å². The number of rotatable bonds is 1. The third-order valence-electron chi connectivity index (χ3n) is 2.70. The van der Waals surface area contributed by atoms with Crippen molar-refractivity contribution in [3.8, 4) is 0 Å². The Morgan fingerprint density at radius 1 is 1.27 bits per heavy atom. The van der Waals surface area contributed by atoms with E-state index in [0.29, 0.717) is 0 Å². The summed E-state index contributed by atoms with van der Waals surface area (Å²) in [6.07, 6.45) is 1.89. The Kier molecular flexibility index (Phi) is 2.31. The summed E-state index contributed by atoms with van der Waals surface area (Å²) in [5, 5.41) is 3.37. The lowest BCUT2D eigenvalue weighted by atomic mass is 10.2. The topological polar surface area (TPSA) is 25.4 Å². The summed E-state index contributed by atoms with van der Waals surface area (Å²) < 4.78 is 5.36. The van der Waals surface area contributed by atoms with Crippen molar-refractivity contribution in [3.63, 3.8) is 0 Å². The molecule has 78 valence electrons. The van der Waals surface area contributed by atoms with Gasteiger partial charge in [0.15, 0.2) is 0 Å². The molecule has 2 aromatic heterocycles. The van der Waals surface area contributed by atoms with Gasteiger partial charge in [0.05, 0.1) is 13.2 Å². The number of ether oxygens (including phenoxy) is 1. The fraction of sp³-hybridized carbons (Fsp3) is 0.364. The van der Waals surface area contributed by atoms with E-state index < -0.39 is 0 Å². The molecule has 1 fully saturated rings. The van der Waals surface area contributed by atoms with Crippen LogP contribution in [-0.4, -0.2) is 31.3 Å². The van der Waals surface area contributed by atoms with Crippen molar-refractivity contribution in [2.24, 2.45) is 0 Å². The van der Waals surface area contributed by atoms with Gasteiger partial charge in [-0.05, 0) is 17.5 Å². The molecule has 3 heterocycles. The third kappa shape index (κ3) is 1.60. The molecule has 0 saturated carbocycles. The first-order chi connectivity index (χ1) is 7.45. The largest absolute Gasteiger partial charge is 0.378 e. The van der Waals surface area contributed by atoms with Crippen molar-refractivity contribution in [2.75, 3.05) is 31.2 Å². The lowest BCUT2D eigenvalue weighted by molar-refractivity contribution is 0.123. The molecule has 15 heavy (non-hydrogen) atoms. The van der Waals surface area contributed by atoms with Crippen LogP contribution in [0.3, 0.4) is 0 Å². The highest BCUT2D eigenvalue weighted by Crippen LogP contribution is 2.28. The van der Waals surface area contributed by atoms with Gasteiger partial charge in [-0.1, -0.05) is 0 Å². The fourth-order valence-electron chi connectivity index (χ4n) is 1.94. The second-order valence-electron chi connectivity index (χ2n) is 3.57. The number of fused-ring (bicyclic) bond motifs is 1. The maximum absolute atomic E-state index is 5.36. The molecule has 2 aromatic rings. The summed E-state index contributed by atoms with van der Waals surface area (Å²) in [4.78, 5) is 7.86. The predicted octanol–water partition coefficient (Wildman–Crippen LogP) is 2.13. The zero-order valence-electron chi connectivity index (χ0n) is 8.35. The van der Waals surface area contributed by atoms with Crippen LogP contribution in [0, 0.1) is 0 Å². The summed E-state index contributed by atoms with van der Waals surface area (Å²) in [6.45, 7) is 3.62. The molecule has 0 bridgehead atoms. The molecule has 1 saturated heterocycles. The molecule has 4 heteroatoms. The summed E-state index contributed by atoms with van der Waals surface area (Å²) >= 11 is 1.70. The van der Waals surface area contributed by atoms with Crippen LogP contribution in [0.25, 0.3) is 10.2 Å². The van der Waals surface area contributed by atoms with Gasteiger partial charge in [0, 0.05) is 30.4 Å². The molecule has 0 amide bonds. The van der Waals surface area contributed by atoms with Crippen LogP contribution in [0.1, 0.15) is 0 Å². The Morgan fingerprint density at radius 2 is 2.13 bits per heavy atom. The van der Waals surface area contributed by atoms with Gasteiger partial charge >= 0.3 is 0 Å². The Balaban J connectivity index is 2.05. The average Bonchev–Trinajstić information content (AvgIpc) is 2.78. The smallest absolute Gasteiger partial charge is 0.125 e. The number of morpholine rings is 1. The number of nitrogens with zero attached hydrogens (tertiary/aromatic N) is 2. The molecule has 3 rings (SSSR count). The molecule has 1 aliphatic rings. The Morgan fingerprint density at radius 3 is 3.00 bits per heavy atom. The van der Waals surface area contributed by atoms with E-state index in [1.165, 1.54) is 11.1 Å². The molecule has 0 aromatic carbocycles. The van der Waals surface area contributed by atoms with E-state index in [4.69, 9.17) is 4.74 Å². The maximum atomic E-state index is 5.36. The van der Waals surface area contributed by atoms with Gasteiger partial charge in [-0.15, -0.1) is 11.3 Å². The van der Waals surface area contributed by atoms with Gasteiger partial charge < -0.3 is 9.64 Å². The van der Waals surface area contributed by atoms with Crippen LogP contribution in [0.4, 0.5) is 5.69 Å². The monoisotopic (exact) mass is 220 g/mol. The molecule has 0 spiro atoms. The molecule has 0 aliphatic carbocycles. The van der Waals surface area contributed by atoms with Crippen LogP contribution in [0.2, 0.25) is 0 Å². The second kappa shape index (κ2) is 3.79. The summed E-state index contributed by atoms with van der Waals surface area (Å²) in [5.74, 6) is 0. The number of thiophene rings is 1. The van der Waals surface area contributed by atoms with Gasteiger partial charge in [-0.2, -0.15) is 0 Å². The van der Waals surface area contributed by atoms with E-state index >= 15 is 0 Å². The number of pyridine rings is 1. The molecule has 0 unspecified atom stereocenters. The highest BCUT2D eigenvalue weighted by Gasteiger charge is 2.14. The minimum absolute atomic E-state index is 0.827. The highest BCUT2D eigenvalue weighted by molar-refractivity contribution is 7.16. The van der Waals surface area contributed by atoms with Crippen molar-refractivity contribution >= 4 is 27.2 Å². The van der Waals surface area contributed by atoms with Gasteiger partial charge in [-0.25, -0.2) is 4.98 Å². The van der Waals surface area contributed by atoms with E-state index in [1.807, 2.05) is 6.20 Å². The third-order valence-corrected chi connectivity index (χ3v) is 3.52. The Labute approximate surface area is 92.3 Å². The van der Waals surface area contributed by atoms with Gasteiger partial charge in [0.25, 0.3) is 0 Å². The Bertz CT molecular complexity index is 462. The molecule has 0 atom stereocenters. The molecule has 1 aliphatic heterocycles. The SMILES string of the molecule is c1cc(N2CCOCC2)c2ccsc2n1. The quantitative estimate of drug-likeness (QED) is 0.736. The first kappa shape index (κ1) is 9.12. The maximum Gasteiger partial charge on any atom is 0.125 e. The van der Waals surface area contributed by atoms with Crippen LogP contribution in [0.15, 0.2) is 23.7 Å². The number of hydrogen-bond donors (Lipinski definition) is 0. The zero-order chi connectivity index (χ0) is 10.1. The Hall–Kier alpha value is -1.13. The first-order valence-electron chi connectivity index (χ1n) is 5.10. The molecule has 0 radical (unpaired) electrons. The van der Waals surface area contributed by atoms with Crippen molar-refractivity contribution in [1.29, 1.82) is 0 Å². The van der Waals surface area contributed by atoms with Crippen LogP contribution in [-0.2, 0) is 4.74 Å². The summed E-state index contributed by atoms with van der Waals surface area (Å²) in [7, 11) is 0. The van der Waals surface area contributed by atoms with E-state index in [-0.39, 0.29) is 0 Å². The van der Waals surface area contributed by atoms with Crippen LogP contribution < -0.4 is 4.90 Å². The highest BCUT2D eigenvalue weighted by atomic mass is 32.1. The standard InChI is InChI=1S/C11H12N2OS/c1-3-12-11-9(2-8-15-11)10(1)13-4-6-14-7-5-13/h1-3,8H,4-7H2. The number of aromatic nitrogens is 1. The minimum Gasteiger partial charge on any atom is -0.378 e. The van der Waals surface area contributed by atoms with Gasteiger partial charge in [0.1, 0.15) is 4.83 Å². The minimum atomic E-state index is 0.827. The van der Waals surface area contributed by atoms with Gasteiger partial charge in [-0.3, -0.25) is 0 Å². The van der Waals surface area contributed by atoms with Gasteiger partial charge in [0.2, 0.25) is 0 Å². The number of anilines is 1. The molecular formula is C11H12N2OS. The van der Waals surface area contributed by atoms with E-state index in [1.54, 1.807) is 11.3 Å². The van der Waals surface area contributed by atoms with Crippen molar-refractivity contribution in [1.82, 2.24) is 4.98 Å². The van der Waals surface area contributed by atoms with E-state index in [9.17, 15) is 0 Å². The number of hydrogen-bond acceptors (Lipinski definition) is 4. The van der Waals surface area contributed by atoms with Crippen molar-refractivity contribution in [3.05, 3.63) is 23.7 Å². The lowest BCUT2D eigenvalue weighted by Gasteiger charge is -2.29. The van der Waals surface area contributed by atoms with Crippen LogP contribution >= 0.6 is 11.3 Å². The zero-order valence-corrected chi connectivity index (χ0v) is 9.17. The van der Waals surface area contributed by atoms with E-state index in [2.05, 4.69) is 27.4 Å². The van der Waals surface area contributed by atoms with Crippen molar-refractivity contribution < 1.29 is 4.74 Å². The second-order valence-corrected chi connectivity index (χ2v) is 4.46. The summed E-state index contributed by atoms with van der Waals surface area (Å²) in [5.41, 5.74) is 1.30. The normalized spacial score (nSPS) is 17.2. The molecular weight excluding hydrogens is 208 g/mol. The van der Waals surface area contributed by atoms with Crippen molar-refractivity contribution in [2.45, 2.75) is 0 Å². The fourth-order valence-corrected chi connectivity index (χ4v) is 2.70. The predicted molar refractivity (Wildman–Crippen MR) is 62.7 cm³/mol. The average molecular weight is 220 g/mol. The van der Waals surface area contributed by atoms with Crippen LogP contribution in [0.5, 0.6) is 0 Å². The summed E-state index contributed by atoms with van der Waals surface area (Å²) in [6, 6.07) is 4.25. The molecule has 3 nitrogen and oxygen atoms in total.